The Labute approximate surface area is 186 Å². The molecule has 0 fully saturated rings. The minimum Gasteiger partial charge on any atom is -0.464 e. The first kappa shape index (κ1) is 22.8. The number of hydrogen-bond donors (Lipinski definition) is 2. The van der Waals surface area contributed by atoms with E-state index in [1.54, 1.807) is 47.6 Å². The van der Waals surface area contributed by atoms with Crippen LogP contribution in [0.15, 0.2) is 42.7 Å². The molecule has 9 heteroatoms. The first-order valence-corrected chi connectivity index (χ1v) is 10.2. The van der Waals surface area contributed by atoms with Crippen LogP contribution in [0.4, 0.5) is 11.5 Å². The number of ether oxygens (including phenoxy) is 1. The molecular formula is C23H27N5O4. The van der Waals surface area contributed by atoms with Gasteiger partial charge in [0.1, 0.15) is 5.69 Å². The molecule has 0 bridgehead atoms. The van der Waals surface area contributed by atoms with Gasteiger partial charge >= 0.3 is 5.97 Å². The molecule has 0 aliphatic rings. The van der Waals surface area contributed by atoms with Crippen molar-refractivity contribution in [3.8, 4) is 11.1 Å². The molecule has 0 radical (unpaired) electrons. The van der Waals surface area contributed by atoms with Crippen molar-refractivity contribution in [3.05, 3.63) is 54.2 Å². The van der Waals surface area contributed by atoms with Crippen LogP contribution >= 0.6 is 0 Å². The summed E-state index contributed by atoms with van der Waals surface area (Å²) in [6.07, 6.45) is 4.16. The van der Waals surface area contributed by atoms with E-state index in [1.807, 2.05) is 32.2 Å². The van der Waals surface area contributed by atoms with E-state index in [-0.39, 0.29) is 17.6 Å². The molecule has 3 rings (SSSR count). The summed E-state index contributed by atoms with van der Waals surface area (Å²) in [6, 6.07) is 8.99. The summed E-state index contributed by atoms with van der Waals surface area (Å²) in [5.41, 5.74) is 2.79. The topological polar surface area (TPSA) is 107 Å². The zero-order valence-electron chi connectivity index (χ0n) is 18.8. The predicted molar refractivity (Wildman–Crippen MR) is 121 cm³/mol. The lowest BCUT2D eigenvalue weighted by molar-refractivity contribution is -0.119. The largest absolute Gasteiger partial charge is 0.464 e. The highest BCUT2D eigenvalue weighted by Crippen LogP contribution is 2.24. The highest BCUT2D eigenvalue weighted by Gasteiger charge is 2.18. The molecule has 0 saturated carbocycles. The van der Waals surface area contributed by atoms with E-state index in [9.17, 15) is 14.4 Å². The molecular weight excluding hydrogens is 410 g/mol. The van der Waals surface area contributed by atoms with E-state index in [4.69, 9.17) is 4.74 Å². The molecule has 0 spiro atoms. The molecule has 9 nitrogen and oxygen atoms in total. The lowest BCUT2D eigenvalue weighted by Crippen LogP contribution is -2.20. The van der Waals surface area contributed by atoms with Gasteiger partial charge in [-0.2, -0.15) is 0 Å². The molecule has 1 unspecified atom stereocenters. The number of esters is 1. The van der Waals surface area contributed by atoms with Gasteiger partial charge < -0.3 is 24.5 Å². The van der Waals surface area contributed by atoms with Crippen LogP contribution in [0, 0.1) is 5.92 Å². The van der Waals surface area contributed by atoms with Gasteiger partial charge in [0.05, 0.1) is 7.11 Å². The molecule has 2 aromatic heterocycles. The number of aryl methyl sites for hydroxylation is 2. The molecule has 0 aliphatic carbocycles. The van der Waals surface area contributed by atoms with Crippen molar-refractivity contribution >= 4 is 29.3 Å². The van der Waals surface area contributed by atoms with Gasteiger partial charge in [-0.1, -0.05) is 26.0 Å². The molecule has 1 atom stereocenters. The summed E-state index contributed by atoms with van der Waals surface area (Å²) in [4.78, 5) is 40.8. The van der Waals surface area contributed by atoms with Gasteiger partial charge in [0.25, 0.3) is 5.91 Å². The van der Waals surface area contributed by atoms with Crippen LogP contribution in [0.5, 0.6) is 0 Å². The van der Waals surface area contributed by atoms with Crippen LogP contribution in [-0.2, 0) is 23.6 Å². The summed E-state index contributed by atoms with van der Waals surface area (Å²) >= 11 is 0. The standard InChI is InChI=1S/C23H27N5O4/c1-6-14(2)21(29)26-19-13-28(4)20(25-19)22(30)24-17-9-7-15(8-10-17)16-11-18(23(31)32-5)27(3)12-16/h7-14H,6H2,1-5H3,(H,24,30)(H,26,29). The Balaban J connectivity index is 1.70. The summed E-state index contributed by atoms with van der Waals surface area (Å²) in [5.74, 6) is -0.553. The predicted octanol–water partition coefficient (Wildman–Crippen LogP) is 3.45. The van der Waals surface area contributed by atoms with Crippen molar-refractivity contribution in [1.82, 2.24) is 14.1 Å². The number of benzene rings is 1. The van der Waals surface area contributed by atoms with E-state index in [1.165, 1.54) is 7.11 Å². The fourth-order valence-corrected chi connectivity index (χ4v) is 3.14. The second-order valence-corrected chi connectivity index (χ2v) is 7.61. The monoisotopic (exact) mass is 437 g/mol. The number of imidazole rings is 1. The number of nitrogens with zero attached hydrogens (tertiary/aromatic N) is 3. The second-order valence-electron chi connectivity index (χ2n) is 7.61. The minimum absolute atomic E-state index is 0.135. The van der Waals surface area contributed by atoms with E-state index >= 15 is 0 Å². The lowest BCUT2D eigenvalue weighted by atomic mass is 10.1. The minimum atomic E-state index is -0.405. The molecule has 2 amide bonds. The fraction of sp³-hybridized carbons (Fsp3) is 0.304. The SMILES string of the molecule is CCC(C)C(=O)Nc1cn(C)c(C(=O)Nc2ccc(-c3cc(C(=O)OC)n(C)c3)cc2)n1. The number of carbonyl (C=O) groups excluding carboxylic acids is 3. The number of rotatable bonds is 7. The number of nitrogens with one attached hydrogen (secondary N) is 2. The van der Waals surface area contributed by atoms with Gasteiger partial charge in [-0.25, -0.2) is 9.78 Å². The number of anilines is 2. The average Bonchev–Trinajstić information content (AvgIpc) is 3.35. The van der Waals surface area contributed by atoms with Gasteiger partial charge in [0.15, 0.2) is 5.82 Å². The van der Waals surface area contributed by atoms with Crippen LogP contribution in [0.25, 0.3) is 11.1 Å². The summed E-state index contributed by atoms with van der Waals surface area (Å²) in [7, 11) is 4.81. The fourth-order valence-electron chi connectivity index (χ4n) is 3.14. The normalized spacial score (nSPS) is 11.7. The third-order valence-electron chi connectivity index (χ3n) is 5.27. The van der Waals surface area contributed by atoms with Crippen molar-refractivity contribution < 1.29 is 19.1 Å². The molecule has 3 aromatic rings. The summed E-state index contributed by atoms with van der Waals surface area (Å²) in [6.45, 7) is 3.77. The van der Waals surface area contributed by atoms with Crippen LogP contribution in [0.2, 0.25) is 0 Å². The maximum absolute atomic E-state index is 12.7. The van der Waals surface area contributed by atoms with Crippen LogP contribution in [-0.4, -0.2) is 39.0 Å². The van der Waals surface area contributed by atoms with Crippen molar-refractivity contribution in [3.63, 3.8) is 0 Å². The van der Waals surface area contributed by atoms with Gasteiger partial charge in [-0.3, -0.25) is 9.59 Å². The number of carbonyl (C=O) groups is 3. The van der Waals surface area contributed by atoms with Gasteiger partial charge in [0.2, 0.25) is 11.7 Å². The molecule has 2 heterocycles. The van der Waals surface area contributed by atoms with Crippen molar-refractivity contribution in [2.45, 2.75) is 20.3 Å². The summed E-state index contributed by atoms with van der Waals surface area (Å²) < 4.78 is 8.05. The van der Waals surface area contributed by atoms with E-state index in [0.29, 0.717) is 17.2 Å². The maximum atomic E-state index is 12.7. The average molecular weight is 438 g/mol. The van der Waals surface area contributed by atoms with Gasteiger partial charge in [-0.05, 0) is 30.2 Å². The molecule has 0 aliphatic heterocycles. The van der Waals surface area contributed by atoms with E-state index < -0.39 is 11.9 Å². The zero-order valence-corrected chi connectivity index (χ0v) is 18.8. The van der Waals surface area contributed by atoms with E-state index in [2.05, 4.69) is 15.6 Å². The Morgan fingerprint density at radius 1 is 1.03 bits per heavy atom. The zero-order chi connectivity index (χ0) is 23.4. The summed E-state index contributed by atoms with van der Waals surface area (Å²) in [5, 5.41) is 5.54. The number of aromatic nitrogens is 3. The number of methoxy groups -OCH3 is 1. The Hall–Kier alpha value is -3.88. The molecule has 0 saturated heterocycles. The number of amides is 2. The van der Waals surface area contributed by atoms with Crippen LogP contribution in [0.3, 0.4) is 0 Å². The van der Waals surface area contributed by atoms with Crippen molar-refractivity contribution in [2.75, 3.05) is 17.7 Å². The van der Waals surface area contributed by atoms with Gasteiger partial charge in [0, 0.05) is 43.7 Å². The molecule has 32 heavy (non-hydrogen) atoms. The van der Waals surface area contributed by atoms with Crippen molar-refractivity contribution in [2.24, 2.45) is 20.0 Å². The lowest BCUT2D eigenvalue weighted by Gasteiger charge is -2.07. The Kier molecular flexibility index (Phi) is 6.77. The molecule has 168 valence electrons. The van der Waals surface area contributed by atoms with Crippen LogP contribution < -0.4 is 10.6 Å². The third kappa shape index (κ3) is 4.88. The Bertz CT molecular complexity index is 1140. The quantitative estimate of drug-likeness (QED) is 0.551. The van der Waals surface area contributed by atoms with E-state index in [0.717, 1.165) is 17.5 Å². The highest BCUT2D eigenvalue weighted by molar-refractivity contribution is 6.02. The Morgan fingerprint density at radius 3 is 2.34 bits per heavy atom. The highest BCUT2D eigenvalue weighted by atomic mass is 16.5. The molecule has 1 aromatic carbocycles. The Morgan fingerprint density at radius 2 is 1.72 bits per heavy atom. The molecule has 2 N–H and O–H groups in total. The van der Waals surface area contributed by atoms with Gasteiger partial charge in [-0.15, -0.1) is 0 Å². The second kappa shape index (κ2) is 9.51. The maximum Gasteiger partial charge on any atom is 0.354 e. The third-order valence-corrected chi connectivity index (χ3v) is 5.27. The first-order chi connectivity index (χ1) is 15.2. The smallest absolute Gasteiger partial charge is 0.354 e. The van der Waals surface area contributed by atoms with Crippen molar-refractivity contribution in [1.29, 1.82) is 0 Å². The van der Waals surface area contributed by atoms with Crippen LogP contribution in [0.1, 0.15) is 41.4 Å². The first-order valence-electron chi connectivity index (χ1n) is 10.2. The number of hydrogen-bond acceptors (Lipinski definition) is 5.